The normalized spacial score (nSPS) is 34.2. The zero-order valence-corrected chi connectivity index (χ0v) is 5.07. The largest absolute Gasteiger partial charge is 0.456 e. The van der Waals surface area contributed by atoms with Gasteiger partial charge in [0.15, 0.2) is 0 Å². The van der Waals surface area contributed by atoms with Crippen molar-refractivity contribution in [3.8, 4) is 0 Å². The van der Waals surface area contributed by atoms with Gasteiger partial charge in [0.1, 0.15) is 12.2 Å². The lowest BCUT2D eigenvalue weighted by Gasteiger charge is -2.18. The number of rotatable bonds is 0. The van der Waals surface area contributed by atoms with Gasteiger partial charge in [-0.25, -0.2) is 4.79 Å². The molecule has 9 heavy (non-hydrogen) atoms. The summed E-state index contributed by atoms with van der Waals surface area (Å²) in [6, 6.07) is 0. The summed E-state index contributed by atoms with van der Waals surface area (Å²) in [5.41, 5.74) is 0. The van der Waals surface area contributed by atoms with Crippen LogP contribution < -0.4 is 0 Å². The highest BCUT2D eigenvalue weighted by molar-refractivity contribution is 5.83. The Morgan fingerprint density at radius 2 is 2.44 bits per heavy atom. The molecule has 0 aromatic rings. The first kappa shape index (κ1) is 6.29. The molecule has 1 aliphatic rings. The molecule has 1 N–H and O–H groups in total. The number of hydrogen-bond acceptors (Lipinski definition) is 3. The van der Waals surface area contributed by atoms with E-state index < -0.39 is 12.2 Å². The molecule has 0 amide bonds. The molecule has 0 fully saturated rings. The summed E-state index contributed by atoms with van der Waals surface area (Å²) in [5.74, 6) is -0.382. The number of aliphatic hydroxyl groups is 1. The molecular formula is C6H8O3. The summed E-state index contributed by atoms with van der Waals surface area (Å²) < 4.78 is 4.62. The average Bonchev–Trinajstić information content (AvgIpc) is 1.80. The Balaban J connectivity index is 2.65. The van der Waals surface area contributed by atoms with E-state index in [0.717, 1.165) is 0 Å². The van der Waals surface area contributed by atoms with E-state index in [9.17, 15) is 4.79 Å². The molecular weight excluding hydrogens is 120 g/mol. The number of esters is 1. The predicted molar refractivity (Wildman–Crippen MR) is 30.7 cm³/mol. The summed E-state index contributed by atoms with van der Waals surface area (Å²) in [4.78, 5) is 10.4. The molecule has 0 aromatic carbocycles. The van der Waals surface area contributed by atoms with Gasteiger partial charge in [-0.15, -0.1) is 0 Å². The maximum Gasteiger partial charge on any atom is 0.330 e. The van der Waals surface area contributed by atoms with Crippen molar-refractivity contribution in [1.82, 2.24) is 0 Å². The van der Waals surface area contributed by atoms with Crippen LogP contribution >= 0.6 is 0 Å². The monoisotopic (exact) mass is 128 g/mol. The Kier molecular flexibility index (Phi) is 1.53. The van der Waals surface area contributed by atoms with Gasteiger partial charge in [0.25, 0.3) is 0 Å². The van der Waals surface area contributed by atoms with E-state index >= 15 is 0 Å². The highest BCUT2D eigenvalue weighted by Crippen LogP contribution is 2.06. The Bertz CT molecular complexity index is 150. The van der Waals surface area contributed by atoms with Crippen LogP contribution in [0, 0.1) is 0 Å². The van der Waals surface area contributed by atoms with Crippen molar-refractivity contribution in [2.45, 2.75) is 19.1 Å². The lowest BCUT2D eigenvalue weighted by atomic mass is 10.2. The number of carbonyl (C=O) groups excluding carboxylic acids is 1. The molecule has 0 saturated carbocycles. The van der Waals surface area contributed by atoms with Crippen molar-refractivity contribution in [2.75, 3.05) is 0 Å². The SMILES string of the molecule is C[C@H]1OC(=O)C=C[C@H]1O. The summed E-state index contributed by atoms with van der Waals surface area (Å²) in [6.07, 6.45) is 1.62. The third-order valence-corrected chi connectivity index (χ3v) is 1.21. The number of aliphatic hydroxyl groups excluding tert-OH is 1. The zero-order valence-electron chi connectivity index (χ0n) is 5.07. The van der Waals surface area contributed by atoms with Crippen LogP contribution in [0.5, 0.6) is 0 Å². The van der Waals surface area contributed by atoms with Crippen LogP contribution in [0.4, 0.5) is 0 Å². The van der Waals surface area contributed by atoms with Crippen molar-refractivity contribution in [1.29, 1.82) is 0 Å². The highest BCUT2D eigenvalue weighted by atomic mass is 16.6. The van der Waals surface area contributed by atoms with Crippen LogP contribution in [-0.2, 0) is 9.53 Å². The third kappa shape index (κ3) is 1.29. The quantitative estimate of drug-likeness (QED) is 0.461. The van der Waals surface area contributed by atoms with Crippen LogP contribution in [0.3, 0.4) is 0 Å². The van der Waals surface area contributed by atoms with E-state index in [-0.39, 0.29) is 5.97 Å². The summed E-state index contributed by atoms with van der Waals surface area (Å²) in [7, 11) is 0. The van der Waals surface area contributed by atoms with Crippen molar-refractivity contribution < 1.29 is 14.6 Å². The fourth-order valence-corrected chi connectivity index (χ4v) is 0.626. The van der Waals surface area contributed by atoms with Gasteiger partial charge in [-0.1, -0.05) is 0 Å². The van der Waals surface area contributed by atoms with E-state index in [1.165, 1.54) is 12.2 Å². The van der Waals surface area contributed by atoms with Crippen molar-refractivity contribution >= 4 is 5.97 Å². The number of cyclic esters (lactones) is 1. The molecule has 3 nitrogen and oxygen atoms in total. The molecule has 0 unspecified atom stereocenters. The Hall–Kier alpha value is -0.830. The first-order valence-corrected chi connectivity index (χ1v) is 2.77. The van der Waals surface area contributed by atoms with Gasteiger partial charge < -0.3 is 9.84 Å². The van der Waals surface area contributed by atoms with E-state index in [2.05, 4.69) is 4.74 Å². The standard InChI is InChI=1S/C6H8O3/c1-4-5(7)2-3-6(8)9-4/h2-5,7H,1H3/t4-,5-/m1/s1. The smallest absolute Gasteiger partial charge is 0.330 e. The molecule has 3 heteroatoms. The number of hydrogen-bond donors (Lipinski definition) is 1. The van der Waals surface area contributed by atoms with Gasteiger partial charge in [-0.2, -0.15) is 0 Å². The van der Waals surface area contributed by atoms with Crippen LogP contribution in [0.25, 0.3) is 0 Å². The minimum absolute atomic E-state index is 0.382. The Labute approximate surface area is 52.9 Å². The molecule has 0 saturated heterocycles. The fraction of sp³-hybridized carbons (Fsp3) is 0.500. The van der Waals surface area contributed by atoms with E-state index in [4.69, 9.17) is 5.11 Å². The van der Waals surface area contributed by atoms with Gasteiger partial charge in [0.2, 0.25) is 0 Å². The molecule has 1 aliphatic heterocycles. The number of ether oxygens (including phenoxy) is 1. The highest BCUT2D eigenvalue weighted by Gasteiger charge is 2.18. The number of carbonyl (C=O) groups is 1. The first-order valence-electron chi connectivity index (χ1n) is 2.77. The molecule has 1 rings (SSSR count). The first-order chi connectivity index (χ1) is 4.20. The van der Waals surface area contributed by atoms with E-state index in [0.29, 0.717) is 0 Å². The van der Waals surface area contributed by atoms with E-state index in [1.807, 2.05) is 0 Å². The van der Waals surface area contributed by atoms with Crippen molar-refractivity contribution in [3.63, 3.8) is 0 Å². The molecule has 0 aromatic heterocycles. The third-order valence-electron chi connectivity index (χ3n) is 1.21. The molecule has 0 radical (unpaired) electrons. The lowest BCUT2D eigenvalue weighted by Crippen LogP contribution is -2.29. The molecule has 0 aliphatic carbocycles. The molecule has 2 atom stereocenters. The zero-order chi connectivity index (χ0) is 6.85. The van der Waals surface area contributed by atoms with Crippen molar-refractivity contribution in [3.05, 3.63) is 12.2 Å². The second-order valence-corrected chi connectivity index (χ2v) is 1.99. The predicted octanol–water partition coefficient (Wildman–Crippen LogP) is -0.151. The van der Waals surface area contributed by atoms with Crippen LogP contribution in [0.15, 0.2) is 12.2 Å². The fourth-order valence-electron chi connectivity index (χ4n) is 0.626. The topological polar surface area (TPSA) is 46.5 Å². The van der Waals surface area contributed by atoms with Crippen LogP contribution in [0.2, 0.25) is 0 Å². The van der Waals surface area contributed by atoms with Gasteiger partial charge >= 0.3 is 5.97 Å². The Morgan fingerprint density at radius 3 is 2.89 bits per heavy atom. The van der Waals surface area contributed by atoms with E-state index in [1.54, 1.807) is 6.92 Å². The van der Waals surface area contributed by atoms with Gasteiger partial charge in [0.05, 0.1) is 0 Å². The van der Waals surface area contributed by atoms with Gasteiger partial charge in [-0.05, 0) is 13.0 Å². The minimum atomic E-state index is -0.636. The van der Waals surface area contributed by atoms with Crippen LogP contribution in [0.1, 0.15) is 6.92 Å². The minimum Gasteiger partial charge on any atom is -0.456 e. The lowest BCUT2D eigenvalue weighted by molar-refractivity contribution is -0.148. The average molecular weight is 128 g/mol. The second kappa shape index (κ2) is 2.19. The van der Waals surface area contributed by atoms with Crippen LogP contribution in [-0.4, -0.2) is 23.3 Å². The summed E-state index contributed by atoms with van der Waals surface area (Å²) >= 11 is 0. The summed E-state index contributed by atoms with van der Waals surface area (Å²) in [5, 5.41) is 8.93. The molecule has 50 valence electrons. The van der Waals surface area contributed by atoms with Gasteiger partial charge in [0, 0.05) is 6.08 Å². The summed E-state index contributed by atoms with van der Waals surface area (Å²) in [6.45, 7) is 1.64. The molecule has 0 spiro atoms. The second-order valence-electron chi connectivity index (χ2n) is 1.99. The van der Waals surface area contributed by atoms with Crippen molar-refractivity contribution in [2.24, 2.45) is 0 Å². The molecule has 1 heterocycles. The Morgan fingerprint density at radius 1 is 1.78 bits per heavy atom. The molecule has 0 bridgehead atoms. The van der Waals surface area contributed by atoms with Gasteiger partial charge in [-0.3, -0.25) is 0 Å². The maximum absolute atomic E-state index is 10.4. The maximum atomic E-state index is 10.4.